The third-order valence-corrected chi connectivity index (χ3v) is 3.27. The highest BCUT2D eigenvalue weighted by molar-refractivity contribution is 6.30. The van der Waals surface area contributed by atoms with E-state index in [2.05, 4.69) is 5.10 Å². The maximum absolute atomic E-state index is 13.3. The minimum atomic E-state index is -4.72. The zero-order chi connectivity index (χ0) is 18.1. The smallest absolute Gasteiger partial charge is 0.418 e. The van der Waals surface area contributed by atoms with Gasteiger partial charge in [-0.25, -0.2) is 0 Å². The normalized spacial score (nSPS) is 12.5. The highest BCUT2D eigenvalue weighted by Crippen LogP contribution is 2.31. The Bertz CT molecular complexity index is 871. The number of terminal acetylenes is 1. The van der Waals surface area contributed by atoms with Crippen molar-refractivity contribution in [3.05, 3.63) is 50.9 Å². The third-order valence-electron chi connectivity index (χ3n) is 3.04. The number of hydrogen-bond acceptors (Lipinski definition) is 3. The second kappa shape index (κ2) is 6.53. The molecule has 4 nitrogen and oxygen atoms in total. The Morgan fingerprint density at radius 1 is 1.42 bits per heavy atom. The molecular formula is C15H9ClF4N2O2. The Labute approximate surface area is 138 Å². The van der Waals surface area contributed by atoms with Gasteiger partial charge in [0.15, 0.2) is 5.75 Å². The van der Waals surface area contributed by atoms with Crippen LogP contribution in [0.2, 0.25) is 5.02 Å². The fraction of sp³-hybridized carbons (Fsp3) is 0.200. The first-order valence-corrected chi connectivity index (χ1v) is 6.76. The number of hydrogen-bond donors (Lipinski definition) is 0. The van der Waals surface area contributed by atoms with Gasteiger partial charge in [0.1, 0.15) is 5.69 Å². The van der Waals surface area contributed by atoms with Crippen molar-refractivity contribution in [1.29, 1.82) is 0 Å². The van der Waals surface area contributed by atoms with Crippen LogP contribution >= 0.6 is 11.6 Å². The summed E-state index contributed by atoms with van der Waals surface area (Å²) in [5.74, 6) is 1.44. The molecule has 1 aromatic heterocycles. The molecule has 0 N–H and O–H groups in total. The van der Waals surface area contributed by atoms with E-state index in [-0.39, 0.29) is 16.5 Å². The molecule has 0 aliphatic carbocycles. The van der Waals surface area contributed by atoms with Crippen molar-refractivity contribution < 1.29 is 22.3 Å². The van der Waals surface area contributed by atoms with Crippen molar-refractivity contribution in [1.82, 2.24) is 9.78 Å². The zero-order valence-corrected chi connectivity index (χ0v) is 12.8. The average molecular weight is 361 g/mol. The van der Waals surface area contributed by atoms with Gasteiger partial charge in [-0.1, -0.05) is 11.6 Å². The predicted octanol–water partition coefficient (Wildman–Crippen LogP) is 3.52. The van der Waals surface area contributed by atoms with Crippen molar-refractivity contribution in [2.45, 2.75) is 19.5 Å². The van der Waals surface area contributed by atoms with Crippen LogP contribution in [0.25, 0.3) is 5.69 Å². The minimum absolute atomic E-state index is 0.0980. The van der Waals surface area contributed by atoms with Crippen LogP contribution in [0.15, 0.2) is 29.2 Å². The van der Waals surface area contributed by atoms with Crippen LogP contribution in [0.1, 0.15) is 11.1 Å². The summed E-state index contributed by atoms with van der Waals surface area (Å²) in [5.41, 5.74) is -2.86. The molecule has 0 amide bonds. The van der Waals surface area contributed by atoms with Crippen molar-refractivity contribution in [3.8, 4) is 23.8 Å². The SMILES string of the molecule is C#CC(F)Oc1cc(Cl)ccc1-n1ncc(C(F)(F)F)c(C)c1=O. The van der Waals surface area contributed by atoms with E-state index in [0.29, 0.717) is 10.9 Å². The Balaban J connectivity index is 2.64. The summed E-state index contributed by atoms with van der Waals surface area (Å²) < 4.78 is 57.2. The van der Waals surface area contributed by atoms with E-state index in [1.54, 1.807) is 5.92 Å². The van der Waals surface area contributed by atoms with Gasteiger partial charge in [-0.05, 0) is 25.0 Å². The average Bonchev–Trinajstić information content (AvgIpc) is 2.49. The molecule has 0 bridgehead atoms. The molecule has 0 aliphatic rings. The van der Waals surface area contributed by atoms with Gasteiger partial charge in [-0.2, -0.15) is 27.3 Å². The summed E-state index contributed by atoms with van der Waals surface area (Å²) >= 11 is 5.78. The largest absolute Gasteiger partial charge is 0.447 e. The molecule has 0 spiro atoms. The first-order chi connectivity index (χ1) is 11.1. The second-order valence-corrected chi connectivity index (χ2v) is 5.05. The molecule has 1 aromatic carbocycles. The highest BCUT2D eigenvalue weighted by Gasteiger charge is 2.34. The van der Waals surface area contributed by atoms with E-state index in [0.717, 1.165) is 6.92 Å². The van der Waals surface area contributed by atoms with Crippen LogP contribution < -0.4 is 10.3 Å². The number of alkyl halides is 4. The van der Waals surface area contributed by atoms with E-state index in [1.807, 2.05) is 0 Å². The lowest BCUT2D eigenvalue weighted by Crippen LogP contribution is -2.27. The summed E-state index contributed by atoms with van der Waals surface area (Å²) in [6.45, 7) is 1.01. The molecule has 24 heavy (non-hydrogen) atoms. The van der Waals surface area contributed by atoms with Crippen molar-refractivity contribution in [2.75, 3.05) is 0 Å². The van der Waals surface area contributed by atoms with Gasteiger partial charge in [0.2, 0.25) is 0 Å². The van der Waals surface area contributed by atoms with E-state index in [4.69, 9.17) is 22.8 Å². The summed E-state index contributed by atoms with van der Waals surface area (Å²) in [4.78, 5) is 12.2. The molecule has 2 rings (SSSR count). The van der Waals surface area contributed by atoms with Gasteiger partial charge < -0.3 is 4.74 Å². The molecule has 126 valence electrons. The molecule has 9 heteroatoms. The fourth-order valence-corrected chi connectivity index (χ4v) is 2.06. The summed E-state index contributed by atoms with van der Waals surface area (Å²) in [6, 6.07) is 3.76. The monoisotopic (exact) mass is 360 g/mol. The quantitative estimate of drug-likeness (QED) is 0.621. The van der Waals surface area contributed by atoms with E-state index >= 15 is 0 Å². The summed E-state index contributed by atoms with van der Waals surface area (Å²) in [6.07, 6.45) is -1.47. The number of halogens is 5. The van der Waals surface area contributed by atoms with E-state index in [9.17, 15) is 22.4 Å². The Morgan fingerprint density at radius 3 is 2.67 bits per heavy atom. The molecular weight excluding hydrogens is 352 g/mol. The summed E-state index contributed by atoms with van der Waals surface area (Å²) in [7, 11) is 0. The fourth-order valence-electron chi connectivity index (χ4n) is 1.90. The van der Waals surface area contributed by atoms with Crippen LogP contribution in [0.5, 0.6) is 5.75 Å². The van der Waals surface area contributed by atoms with Crippen molar-refractivity contribution >= 4 is 11.6 Å². The van der Waals surface area contributed by atoms with Gasteiger partial charge in [-0.15, -0.1) is 6.42 Å². The zero-order valence-electron chi connectivity index (χ0n) is 12.1. The molecule has 0 saturated carbocycles. The van der Waals surface area contributed by atoms with Crippen LogP contribution in [0.4, 0.5) is 17.6 Å². The number of ether oxygens (including phenoxy) is 1. The van der Waals surface area contributed by atoms with Crippen molar-refractivity contribution in [3.63, 3.8) is 0 Å². The predicted molar refractivity (Wildman–Crippen MR) is 78.9 cm³/mol. The Morgan fingerprint density at radius 2 is 2.08 bits per heavy atom. The van der Waals surface area contributed by atoms with E-state index in [1.165, 1.54) is 18.2 Å². The molecule has 0 radical (unpaired) electrons. The van der Waals surface area contributed by atoms with Gasteiger partial charge in [-0.3, -0.25) is 4.79 Å². The Hall–Kier alpha value is -2.53. The minimum Gasteiger partial charge on any atom is -0.447 e. The molecule has 1 unspecified atom stereocenters. The lowest BCUT2D eigenvalue weighted by atomic mass is 10.2. The number of benzene rings is 1. The maximum atomic E-state index is 13.3. The molecule has 0 saturated heterocycles. The molecule has 1 atom stereocenters. The standard InChI is InChI=1S/C15H9ClF4N2O2/c1-3-13(17)24-12-6-9(16)4-5-11(12)22-14(23)8(2)10(7-21-22)15(18,19)20/h1,4-7,13H,2H3. The summed E-state index contributed by atoms with van der Waals surface area (Å²) in [5, 5.41) is 3.63. The van der Waals surface area contributed by atoms with Crippen molar-refractivity contribution in [2.24, 2.45) is 0 Å². The molecule has 0 fully saturated rings. The molecule has 0 aliphatic heterocycles. The van der Waals surface area contributed by atoms with Gasteiger partial charge in [0.05, 0.1) is 11.8 Å². The maximum Gasteiger partial charge on any atom is 0.418 e. The van der Waals surface area contributed by atoms with E-state index < -0.39 is 29.2 Å². The lowest BCUT2D eigenvalue weighted by molar-refractivity contribution is -0.138. The third kappa shape index (κ3) is 3.51. The number of aromatic nitrogens is 2. The van der Waals surface area contributed by atoms with Crippen LogP contribution in [-0.2, 0) is 6.18 Å². The van der Waals surface area contributed by atoms with Gasteiger partial charge >= 0.3 is 12.5 Å². The first-order valence-electron chi connectivity index (χ1n) is 6.38. The second-order valence-electron chi connectivity index (χ2n) is 4.61. The van der Waals surface area contributed by atoms with Gasteiger partial charge in [0.25, 0.3) is 5.56 Å². The number of nitrogens with zero attached hydrogens (tertiary/aromatic N) is 2. The van der Waals surface area contributed by atoms with Crippen LogP contribution in [0.3, 0.4) is 0 Å². The van der Waals surface area contributed by atoms with Gasteiger partial charge in [0, 0.05) is 16.7 Å². The first kappa shape index (κ1) is 17.8. The topological polar surface area (TPSA) is 44.1 Å². The van der Waals surface area contributed by atoms with Crippen LogP contribution in [0, 0.1) is 19.3 Å². The number of rotatable bonds is 3. The highest BCUT2D eigenvalue weighted by atomic mass is 35.5. The Kier molecular flexibility index (Phi) is 4.85. The lowest BCUT2D eigenvalue weighted by Gasteiger charge is -2.15. The molecule has 2 aromatic rings. The molecule has 1 heterocycles. The van der Waals surface area contributed by atoms with Crippen LogP contribution in [-0.4, -0.2) is 16.1 Å².